The maximum absolute atomic E-state index is 11.5. The first-order chi connectivity index (χ1) is 11.7. The summed E-state index contributed by atoms with van der Waals surface area (Å²) >= 11 is 0. The number of carboxylic acids is 1. The van der Waals surface area contributed by atoms with E-state index in [4.69, 9.17) is 9.47 Å². The molecule has 2 aliphatic rings. The van der Waals surface area contributed by atoms with Gasteiger partial charge in [0.05, 0.1) is 12.5 Å². The zero-order valence-corrected chi connectivity index (χ0v) is 14.1. The Morgan fingerprint density at radius 3 is 2.54 bits per heavy atom. The standard InChI is InChI=1S/C19H27NO4/c21-19(22)18(16-7-9-23-10-8-16)12-20-11-14-3-5-17(6-4-14)24-13-15-1-2-15/h3-6,15-16,18,20H,1-2,7-13H2,(H,21,22). The average molecular weight is 333 g/mol. The van der Waals surface area contributed by atoms with Crippen LogP contribution in [0.15, 0.2) is 24.3 Å². The van der Waals surface area contributed by atoms with Crippen LogP contribution in [-0.4, -0.2) is 37.4 Å². The Bertz CT molecular complexity index is 521. The molecule has 0 spiro atoms. The molecule has 5 nitrogen and oxygen atoms in total. The maximum atomic E-state index is 11.5. The maximum Gasteiger partial charge on any atom is 0.308 e. The lowest BCUT2D eigenvalue weighted by atomic mass is 9.86. The van der Waals surface area contributed by atoms with Crippen LogP contribution in [0.5, 0.6) is 5.75 Å². The summed E-state index contributed by atoms with van der Waals surface area (Å²) in [6.07, 6.45) is 4.26. The second kappa shape index (κ2) is 8.49. The predicted octanol–water partition coefficient (Wildman–Crippen LogP) is 2.69. The molecule has 1 atom stereocenters. The van der Waals surface area contributed by atoms with E-state index in [2.05, 4.69) is 5.32 Å². The number of ether oxygens (including phenoxy) is 2. The van der Waals surface area contributed by atoms with Crippen molar-refractivity contribution >= 4 is 5.97 Å². The minimum Gasteiger partial charge on any atom is -0.493 e. The molecule has 1 saturated carbocycles. The molecule has 0 radical (unpaired) electrons. The van der Waals surface area contributed by atoms with Gasteiger partial charge < -0.3 is 19.9 Å². The van der Waals surface area contributed by atoms with E-state index in [1.807, 2.05) is 24.3 Å². The highest BCUT2D eigenvalue weighted by atomic mass is 16.5. The van der Waals surface area contributed by atoms with Crippen molar-refractivity contribution < 1.29 is 19.4 Å². The van der Waals surface area contributed by atoms with Crippen molar-refractivity contribution in [1.29, 1.82) is 0 Å². The average Bonchev–Trinajstić information content (AvgIpc) is 3.43. The number of carboxylic acid groups (broad SMARTS) is 1. The minimum atomic E-state index is -0.710. The number of hydrogen-bond acceptors (Lipinski definition) is 4. The summed E-state index contributed by atoms with van der Waals surface area (Å²) in [4.78, 5) is 11.5. The first-order valence-corrected chi connectivity index (χ1v) is 8.95. The van der Waals surface area contributed by atoms with Gasteiger partial charge in [-0.05, 0) is 55.2 Å². The minimum absolute atomic E-state index is 0.210. The molecule has 2 fully saturated rings. The van der Waals surface area contributed by atoms with Crippen LogP contribution in [0, 0.1) is 17.8 Å². The molecular weight excluding hydrogens is 306 g/mol. The third kappa shape index (κ3) is 5.21. The molecule has 1 saturated heterocycles. The van der Waals surface area contributed by atoms with Gasteiger partial charge in [0.2, 0.25) is 0 Å². The summed E-state index contributed by atoms with van der Waals surface area (Å²) in [5.74, 6) is 0.830. The van der Waals surface area contributed by atoms with Crippen molar-refractivity contribution in [3.05, 3.63) is 29.8 Å². The van der Waals surface area contributed by atoms with E-state index < -0.39 is 5.97 Å². The quantitative estimate of drug-likeness (QED) is 0.727. The Morgan fingerprint density at radius 1 is 1.21 bits per heavy atom. The van der Waals surface area contributed by atoms with Gasteiger partial charge in [0.15, 0.2) is 0 Å². The molecular formula is C19H27NO4. The molecule has 2 N–H and O–H groups in total. The van der Waals surface area contributed by atoms with Crippen LogP contribution in [0.25, 0.3) is 0 Å². The molecule has 3 rings (SSSR count). The van der Waals surface area contributed by atoms with Crippen LogP contribution in [-0.2, 0) is 16.1 Å². The SMILES string of the molecule is O=C(O)C(CNCc1ccc(OCC2CC2)cc1)C1CCOCC1. The van der Waals surface area contributed by atoms with E-state index >= 15 is 0 Å². The van der Waals surface area contributed by atoms with Crippen LogP contribution in [0.2, 0.25) is 0 Å². The van der Waals surface area contributed by atoms with Crippen molar-refractivity contribution in [1.82, 2.24) is 5.32 Å². The summed E-state index contributed by atoms with van der Waals surface area (Å²) < 4.78 is 11.1. The normalized spacial score (nSPS) is 19.8. The lowest BCUT2D eigenvalue weighted by Gasteiger charge is -2.27. The molecule has 1 aromatic rings. The van der Waals surface area contributed by atoms with Gasteiger partial charge in [0, 0.05) is 26.3 Å². The Morgan fingerprint density at radius 2 is 1.92 bits per heavy atom. The second-order valence-electron chi connectivity index (χ2n) is 6.92. The van der Waals surface area contributed by atoms with Crippen LogP contribution < -0.4 is 10.1 Å². The van der Waals surface area contributed by atoms with Crippen molar-refractivity contribution in [2.24, 2.45) is 17.8 Å². The van der Waals surface area contributed by atoms with Gasteiger partial charge in [-0.2, -0.15) is 0 Å². The van der Waals surface area contributed by atoms with Crippen LogP contribution in [0.3, 0.4) is 0 Å². The zero-order chi connectivity index (χ0) is 16.8. The number of benzene rings is 1. The Kier molecular flexibility index (Phi) is 6.10. The molecule has 5 heteroatoms. The van der Waals surface area contributed by atoms with Crippen molar-refractivity contribution in [3.8, 4) is 5.75 Å². The molecule has 1 aromatic carbocycles. The molecule has 132 valence electrons. The van der Waals surface area contributed by atoms with E-state index in [1.54, 1.807) is 0 Å². The molecule has 1 heterocycles. The molecule has 1 unspecified atom stereocenters. The first kappa shape index (κ1) is 17.2. The van der Waals surface area contributed by atoms with E-state index in [0.717, 1.165) is 36.7 Å². The number of hydrogen-bond donors (Lipinski definition) is 2. The third-order valence-electron chi connectivity index (χ3n) is 4.95. The third-order valence-corrected chi connectivity index (χ3v) is 4.95. The molecule has 1 aliphatic carbocycles. The molecule has 1 aliphatic heterocycles. The smallest absolute Gasteiger partial charge is 0.308 e. The highest BCUT2D eigenvalue weighted by Gasteiger charge is 2.29. The van der Waals surface area contributed by atoms with Crippen molar-refractivity contribution in [3.63, 3.8) is 0 Å². The molecule has 24 heavy (non-hydrogen) atoms. The summed E-state index contributed by atoms with van der Waals surface area (Å²) in [5.41, 5.74) is 1.14. The largest absolute Gasteiger partial charge is 0.493 e. The summed E-state index contributed by atoms with van der Waals surface area (Å²) in [6.45, 7) is 3.35. The van der Waals surface area contributed by atoms with Crippen LogP contribution in [0.1, 0.15) is 31.2 Å². The summed E-state index contributed by atoms with van der Waals surface area (Å²) in [6, 6.07) is 8.07. The fourth-order valence-electron chi connectivity index (χ4n) is 3.15. The molecule has 0 bridgehead atoms. The van der Waals surface area contributed by atoms with Crippen molar-refractivity contribution in [2.75, 3.05) is 26.4 Å². The number of carbonyl (C=O) groups is 1. The fourth-order valence-corrected chi connectivity index (χ4v) is 3.15. The van der Waals surface area contributed by atoms with Gasteiger partial charge in [0.1, 0.15) is 5.75 Å². The fraction of sp³-hybridized carbons (Fsp3) is 0.632. The van der Waals surface area contributed by atoms with Gasteiger partial charge in [-0.25, -0.2) is 0 Å². The lowest BCUT2D eigenvalue weighted by Crippen LogP contribution is -2.36. The molecule has 0 amide bonds. The van der Waals surface area contributed by atoms with Gasteiger partial charge >= 0.3 is 5.97 Å². The van der Waals surface area contributed by atoms with Crippen LogP contribution in [0.4, 0.5) is 0 Å². The lowest BCUT2D eigenvalue weighted by molar-refractivity contribution is -0.144. The topological polar surface area (TPSA) is 67.8 Å². The first-order valence-electron chi connectivity index (χ1n) is 8.95. The highest BCUT2D eigenvalue weighted by Crippen LogP contribution is 2.29. The summed E-state index contributed by atoms with van der Waals surface area (Å²) in [5, 5.41) is 12.8. The number of nitrogens with one attached hydrogen (secondary N) is 1. The van der Waals surface area contributed by atoms with E-state index in [1.165, 1.54) is 12.8 Å². The van der Waals surface area contributed by atoms with Gasteiger partial charge in [-0.1, -0.05) is 12.1 Å². The zero-order valence-electron chi connectivity index (χ0n) is 14.1. The predicted molar refractivity (Wildman–Crippen MR) is 91.0 cm³/mol. The van der Waals surface area contributed by atoms with E-state index in [-0.39, 0.29) is 11.8 Å². The number of rotatable bonds is 9. The second-order valence-corrected chi connectivity index (χ2v) is 6.92. The van der Waals surface area contributed by atoms with Crippen molar-refractivity contribution in [2.45, 2.75) is 32.2 Å². The van der Waals surface area contributed by atoms with Gasteiger partial charge in [-0.3, -0.25) is 4.79 Å². The van der Waals surface area contributed by atoms with Crippen LogP contribution >= 0.6 is 0 Å². The number of aliphatic carboxylic acids is 1. The monoisotopic (exact) mass is 333 g/mol. The molecule has 0 aromatic heterocycles. The van der Waals surface area contributed by atoms with E-state index in [0.29, 0.717) is 26.3 Å². The Labute approximate surface area is 143 Å². The Balaban J connectivity index is 1.42. The van der Waals surface area contributed by atoms with E-state index in [9.17, 15) is 9.90 Å². The van der Waals surface area contributed by atoms with Gasteiger partial charge in [-0.15, -0.1) is 0 Å². The van der Waals surface area contributed by atoms with Gasteiger partial charge in [0.25, 0.3) is 0 Å². The Hall–Kier alpha value is -1.59. The highest BCUT2D eigenvalue weighted by molar-refractivity contribution is 5.70. The summed E-state index contributed by atoms with van der Waals surface area (Å²) in [7, 11) is 0.